The first kappa shape index (κ1) is 58.1. The Morgan fingerprint density at radius 3 is 1.80 bits per heavy atom. The fourth-order valence-electron chi connectivity index (χ4n) is 8.38. The van der Waals surface area contributed by atoms with Gasteiger partial charge in [-0.05, 0) is 60.3 Å². The summed E-state index contributed by atoms with van der Waals surface area (Å²) in [6.07, 6.45) is 2.17. The molecule has 0 spiro atoms. The molecule has 6 unspecified atom stereocenters. The number of rotatable bonds is 29. The van der Waals surface area contributed by atoms with Gasteiger partial charge in [0.2, 0.25) is 48.7 Å². The van der Waals surface area contributed by atoms with Gasteiger partial charge >= 0.3 is 5.97 Å². The number of unbranched alkanes of at least 4 members (excludes halogenated alkanes) is 1. The van der Waals surface area contributed by atoms with E-state index in [9.17, 15) is 48.0 Å². The number of hydrogen-bond acceptors (Lipinski definition) is 11. The molecule has 1 aromatic heterocycles. The van der Waals surface area contributed by atoms with Crippen molar-refractivity contribution in [2.45, 2.75) is 94.5 Å². The van der Waals surface area contributed by atoms with Crippen LogP contribution in [0, 0.1) is 0 Å². The summed E-state index contributed by atoms with van der Waals surface area (Å²) in [7, 11) is 0.181. The number of aliphatic carboxylic acids is 1. The number of carboxylic acid groups (broad SMARTS) is 1. The lowest BCUT2D eigenvalue weighted by Gasteiger charge is -2.32. The number of likely N-dealkylation sites (N-methyl/N-ethyl adjacent to an activating group) is 2. The van der Waals surface area contributed by atoms with Gasteiger partial charge in [0.15, 0.2) is 0 Å². The van der Waals surface area contributed by atoms with Crippen molar-refractivity contribution >= 4 is 65.6 Å². The number of carboxylic acids is 1. The van der Waals surface area contributed by atoms with E-state index in [-0.39, 0.29) is 32.1 Å². The molecule has 0 saturated carbocycles. The van der Waals surface area contributed by atoms with Crippen molar-refractivity contribution in [3.63, 3.8) is 0 Å². The molecule has 10 N–H and O–H groups in total. The van der Waals surface area contributed by atoms with Gasteiger partial charge in [-0.1, -0.05) is 111 Å². The van der Waals surface area contributed by atoms with E-state index in [0.29, 0.717) is 29.7 Å². The number of carbonyl (C=O) groups excluding carboxylic acids is 7. The van der Waals surface area contributed by atoms with E-state index in [2.05, 4.69) is 36.9 Å². The van der Waals surface area contributed by atoms with E-state index in [1.165, 1.54) is 20.4 Å². The van der Waals surface area contributed by atoms with E-state index >= 15 is 0 Å². The third-order valence-corrected chi connectivity index (χ3v) is 13.0. The molecule has 0 bridgehead atoms. The second-order valence-electron chi connectivity index (χ2n) is 18.6. The average molecular weight is 1050 g/mol. The molecule has 5 rings (SSSR count). The molecule has 21 heteroatoms. The summed E-state index contributed by atoms with van der Waals surface area (Å²) in [5, 5.41) is 26.7. The highest BCUT2D eigenvalue weighted by Gasteiger charge is 2.36. The molecule has 75 heavy (non-hydrogen) atoms. The van der Waals surface area contributed by atoms with Crippen LogP contribution in [0.3, 0.4) is 0 Å². The van der Waals surface area contributed by atoms with Crippen molar-refractivity contribution < 1.29 is 52.6 Å². The molecule has 0 saturated heterocycles. The minimum atomic E-state index is -2.79. The predicted molar refractivity (Wildman–Crippen MR) is 284 cm³/mol. The molecule has 7 amide bonds. The highest BCUT2D eigenvalue weighted by atomic mass is 31.2. The van der Waals surface area contributed by atoms with Gasteiger partial charge in [0.25, 0.3) is 0 Å². The number of aromatic amines is 1. The first-order valence-electron chi connectivity index (χ1n) is 24.6. The normalized spacial score (nSPS) is 13.7. The molecule has 0 radical (unpaired) electrons. The first-order valence-corrected chi connectivity index (χ1v) is 27.2. The summed E-state index contributed by atoms with van der Waals surface area (Å²) in [6, 6.07) is 24.4. The summed E-state index contributed by atoms with van der Waals surface area (Å²) in [5.41, 5.74) is 9.19. The number of nitrogens with one attached hydrogen (secondary N) is 7. The van der Waals surface area contributed by atoms with Gasteiger partial charge in [-0.2, -0.15) is 0 Å². The van der Waals surface area contributed by atoms with Crippen molar-refractivity contribution in [1.82, 2.24) is 41.8 Å². The Morgan fingerprint density at radius 2 is 1.21 bits per heavy atom. The van der Waals surface area contributed by atoms with Crippen molar-refractivity contribution in [1.29, 1.82) is 0 Å². The summed E-state index contributed by atoms with van der Waals surface area (Å²) >= 11 is 0. The maximum Gasteiger partial charge on any atom is 0.305 e. The molecule has 4 aromatic carbocycles. The topological polar surface area (TPSA) is 300 Å². The lowest BCUT2D eigenvalue weighted by atomic mass is 10.0. The van der Waals surface area contributed by atoms with E-state index in [4.69, 9.17) is 10.3 Å². The molecule has 5 aromatic rings. The Hall–Kier alpha value is -7.83. The number of carbonyl (C=O) groups is 8. The number of fused-ring (bicyclic) bond motifs is 1. The van der Waals surface area contributed by atoms with Crippen LogP contribution >= 0.6 is 7.37 Å². The zero-order valence-electron chi connectivity index (χ0n) is 42.8. The van der Waals surface area contributed by atoms with E-state index in [1.807, 2.05) is 37.3 Å². The lowest BCUT2D eigenvalue weighted by molar-refractivity contribution is -0.144. The van der Waals surface area contributed by atoms with Crippen LogP contribution in [-0.4, -0.2) is 133 Å². The number of benzene rings is 4. The fourth-order valence-corrected chi connectivity index (χ4v) is 9.01. The highest BCUT2D eigenvalue weighted by molar-refractivity contribution is 7.57. The van der Waals surface area contributed by atoms with Crippen molar-refractivity contribution in [2.24, 2.45) is 5.73 Å². The van der Waals surface area contributed by atoms with Crippen LogP contribution in [0.2, 0.25) is 0 Å². The average Bonchev–Trinajstić information content (AvgIpc) is 3.79. The first-order chi connectivity index (χ1) is 35.7. The van der Waals surface area contributed by atoms with Gasteiger partial charge < -0.3 is 57.1 Å². The lowest BCUT2D eigenvalue weighted by Crippen LogP contribution is -2.59. The Labute approximate surface area is 436 Å². The van der Waals surface area contributed by atoms with Crippen LogP contribution in [-0.2, 0) is 68.6 Å². The minimum Gasteiger partial charge on any atom is -0.481 e. The monoisotopic (exact) mass is 1050 g/mol. The summed E-state index contributed by atoms with van der Waals surface area (Å²) in [4.78, 5) is 113. The fraction of sp³-hybridized carbons (Fsp3) is 0.370. The van der Waals surface area contributed by atoms with Crippen LogP contribution in [0.4, 0.5) is 0 Å². The Morgan fingerprint density at radius 1 is 0.667 bits per heavy atom. The Balaban J connectivity index is 1.33. The van der Waals surface area contributed by atoms with Crippen LogP contribution in [0.5, 0.6) is 5.75 Å². The molecule has 0 fully saturated rings. The molecule has 400 valence electrons. The van der Waals surface area contributed by atoms with Gasteiger partial charge in [-0.15, -0.1) is 0 Å². The highest BCUT2D eigenvalue weighted by Crippen LogP contribution is 2.38. The number of aromatic nitrogens is 1. The molecule has 0 aliphatic heterocycles. The third-order valence-electron chi connectivity index (χ3n) is 12.3. The standard InChI is InChI=1S/C54H68N9O11P/c1-6-7-22-46(53(71)62-44(31-48(65)66)52(70)60-41(49(55)67)27-34-16-10-8-11-17-34)63(3)54(72)45(30-37-32-57-40-21-15-14-20-39(37)40)59-47(64)33-58-50(68)43(29-35-18-12-9-13-19-35)61-51(69)42(56-2)28-36-23-25-38(26-24-36)74-75(4,5)73/h8-21,23-26,32,41-46,56-57H,6-7,22,27-31,33H2,1-5H3,(H2,55,67)(H,58,68)(H,59,64)(H,60,70)(H,61,69)(H,62,71)(H,65,66). The molecule has 20 nitrogen and oxygen atoms in total. The van der Waals surface area contributed by atoms with Crippen molar-refractivity contribution in [2.75, 3.05) is 34.0 Å². The third kappa shape index (κ3) is 18.3. The second-order valence-corrected chi connectivity index (χ2v) is 21.3. The zero-order chi connectivity index (χ0) is 54.7. The molecule has 0 aliphatic rings. The SMILES string of the molecule is CCCCC(C(=O)NC(CC(=O)O)C(=O)NC(Cc1ccccc1)C(N)=O)N(C)C(=O)C(Cc1c[nH]c2ccccc12)NC(=O)CNC(=O)C(Cc1ccccc1)NC(=O)C(Cc1ccc(OP(C)(C)=O)cc1)NC. The largest absolute Gasteiger partial charge is 0.481 e. The van der Waals surface area contributed by atoms with E-state index in [0.717, 1.165) is 26.9 Å². The van der Waals surface area contributed by atoms with Crippen LogP contribution < -0.4 is 42.2 Å². The molecular formula is C54H68N9O11P. The van der Waals surface area contributed by atoms with Crippen molar-refractivity contribution in [3.8, 4) is 5.75 Å². The van der Waals surface area contributed by atoms with Crippen LogP contribution in [0.25, 0.3) is 10.9 Å². The van der Waals surface area contributed by atoms with E-state index < -0.39 is 104 Å². The zero-order valence-corrected chi connectivity index (χ0v) is 43.7. The minimum absolute atomic E-state index is 0.000505. The van der Waals surface area contributed by atoms with Crippen LogP contribution in [0.15, 0.2) is 115 Å². The smallest absolute Gasteiger partial charge is 0.305 e. The van der Waals surface area contributed by atoms with Gasteiger partial charge in [-0.3, -0.25) is 42.9 Å². The summed E-state index contributed by atoms with van der Waals surface area (Å²) in [5.74, 6) is -6.38. The number of H-pyrrole nitrogens is 1. The molecular weight excluding hydrogens is 982 g/mol. The quantitative estimate of drug-likeness (QED) is 0.0313. The van der Waals surface area contributed by atoms with Gasteiger partial charge in [0, 0.05) is 56.7 Å². The maximum absolute atomic E-state index is 14.7. The molecule has 0 aliphatic carbocycles. The number of hydrogen-bond donors (Lipinski definition) is 9. The van der Waals surface area contributed by atoms with E-state index in [1.54, 1.807) is 92.1 Å². The number of nitrogens with zero attached hydrogens (tertiary/aromatic N) is 1. The van der Waals surface area contributed by atoms with Gasteiger partial charge in [0.05, 0.1) is 19.0 Å². The van der Waals surface area contributed by atoms with Crippen LogP contribution in [0.1, 0.15) is 54.9 Å². The Bertz CT molecular complexity index is 2810. The Kier molecular flexibility index (Phi) is 21.7. The summed E-state index contributed by atoms with van der Waals surface area (Å²) < 4.78 is 17.6. The number of para-hydroxylation sites is 1. The number of nitrogens with two attached hydrogens (primary N) is 1. The predicted octanol–water partition coefficient (Wildman–Crippen LogP) is 2.98. The van der Waals surface area contributed by atoms with Gasteiger partial charge in [-0.25, -0.2) is 0 Å². The molecule has 6 atom stereocenters. The molecule has 1 heterocycles. The number of primary amides is 1. The van der Waals surface area contributed by atoms with Gasteiger partial charge in [0.1, 0.15) is 36.0 Å². The van der Waals surface area contributed by atoms with Crippen molar-refractivity contribution in [3.05, 3.63) is 138 Å². The number of amides is 7. The maximum atomic E-state index is 14.7. The second kappa shape index (κ2) is 28.0. The summed E-state index contributed by atoms with van der Waals surface area (Å²) in [6.45, 7) is 4.26.